The van der Waals surface area contributed by atoms with Crippen LogP contribution in [0.25, 0.3) is 11.0 Å². The van der Waals surface area contributed by atoms with Crippen LogP contribution in [0.4, 0.5) is 0 Å². The normalized spacial score (nSPS) is 20.9. The van der Waals surface area contributed by atoms with E-state index in [-0.39, 0.29) is 6.61 Å². The van der Waals surface area contributed by atoms with Crippen LogP contribution in [0.5, 0.6) is 0 Å². The molecule has 0 radical (unpaired) electrons. The average Bonchev–Trinajstić information content (AvgIpc) is 2.94. The molecule has 1 aliphatic rings. The van der Waals surface area contributed by atoms with Crippen molar-refractivity contribution in [1.82, 2.24) is 14.9 Å². The fourth-order valence-electron chi connectivity index (χ4n) is 2.61. The van der Waals surface area contributed by atoms with Gasteiger partial charge in [0, 0.05) is 10.5 Å². The summed E-state index contributed by atoms with van der Waals surface area (Å²) in [5, 5.41) is 9.31. The van der Waals surface area contributed by atoms with E-state index >= 15 is 0 Å². The van der Waals surface area contributed by atoms with Crippen LogP contribution < -0.4 is 0 Å². The highest BCUT2D eigenvalue weighted by molar-refractivity contribution is 9.10. The van der Waals surface area contributed by atoms with E-state index in [9.17, 15) is 5.11 Å². The molecule has 18 heavy (non-hydrogen) atoms. The van der Waals surface area contributed by atoms with E-state index < -0.39 is 0 Å². The number of aliphatic hydroxyl groups is 1. The maximum absolute atomic E-state index is 9.31. The van der Waals surface area contributed by atoms with Gasteiger partial charge in [-0.25, -0.2) is 4.98 Å². The fourth-order valence-corrected chi connectivity index (χ4v) is 2.97. The Labute approximate surface area is 114 Å². The predicted octanol–water partition coefficient (Wildman–Crippen LogP) is 2.28. The highest BCUT2D eigenvalue weighted by Gasteiger charge is 2.24. The number of nitrogens with one attached hydrogen (secondary N) is 1. The molecule has 2 heterocycles. The second-order valence-electron chi connectivity index (χ2n) is 4.79. The molecule has 1 aliphatic heterocycles. The largest absolute Gasteiger partial charge is 0.395 e. The van der Waals surface area contributed by atoms with E-state index in [2.05, 4.69) is 30.8 Å². The fraction of sp³-hybridized carbons (Fsp3) is 0.462. The van der Waals surface area contributed by atoms with E-state index in [4.69, 9.17) is 0 Å². The van der Waals surface area contributed by atoms with E-state index in [1.807, 2.05) is 18.2 Å². The van der Waals surface area contributed by atoms with Crippen molar-refractivity contribution in [2.45, 2.75) is 25.4 Å². The summed E-state index contributed by atoms with van der Waals surface area (Å²) in [4.78, 5) is 10.2. The number of H-pyrrole nitrogens is 1. The monoisotopic (exact) mass is 309 g/mol. The second kappa shape index (κ2) is 4.99. The number of hydrogen-bond acceptors (Lipinski definition) is 3. The number of halogens is 1. The Morgan fingerprint density at radius 2 is 2.39 bits per heavy atom. The molecule has 5 heteroatoms. The SMILES string of the molecule is OCC1CCCN1Cc1nc2ccc(Br)cc2[nH]1. The number of imidazole rings is 1. The Bertz CT molecular complexity index is 554. The summed E-state index contributed by atoms with van der Waals surface area (Å²) >= 11 is 3.46. The number of benzene rings is 1. The molecule has 2 N–H and O–H groups in total. The van der Waals surface area contributed by atoms with E-state index in [0.29, 0.717) is 6.04 Å². The van der Waals surface area contributed by atoms with Gasteiger partial charge < -0.3 is 10.1 Å². The molecular weight excluding hydrogens is 294 g/mol. The van der Waals surface area contributed by atoms with Gasteiger partial charge in [0.2, 0.25) is 0 Å². The Morgan fingerprint density at radius 3 is 3.22 bits per heavy atom. The Hall–Kier alpha value is -0.910. The molecule has 0 bridgehead atoms. The zero-order valence-corrected chi connectivity index (χ0v) is 11.7. The predicted molar refractivity (Wildman–Crippen MR) is 74.3 cm³/mol. The van der Waals surface area contributed by atoms with Crippen molar-refractivity contribution in [3.63, 3.8) is 0 Å². The van der Waals surface area contributed by atoms with Crippen molar-refractivity contribution in [2.75, 3.05) is 13.2 Å². The van der Waals surface area contributed by atoms with Crippen molar-refractivity contribution in [2.24, 2.45) is 0 Å². The molecule has 1 fully saturated rings. The van der Waals surface area contributed by atoms with E-state index in [0.717, 1.165) is 47.3 Å². The molecule has 1 atom stereocenters. The van der Waals surface area contributed by atoms with Crippen LogP contribution in [-0.4, -0.2) is 39.2 Å². The lowest BCUT2D eigenvalue weighted by atomic mass is 10.2. The minimum Gasteiger partial charge on any atom is -0.395 e. The quantitative estimate of drug-likeness (QED) is 0.914. The molecule has 3 rings (SSSR count). The lowest BCUT2D eigenvalue weighted by Gasteiger charge is -2.21. The maximum atomic E-state index is 9.31. The Balaban J connectivity index is 1.82. The molecule has 0 spiro atoms. The van der Waals surface area contributed by atoms with Crippen LogP contribution in [0.3, 0.4) is 0 Å². The van der Waals surface area contributed by atoms with Gasteiger partial charge in [-0.05, 0) is 37.6 Å². The third kappa shape index (κ3) is 2.30. The molecule has 1 unspecified atom stereocenters. The summed E-state index contributed by atoms with van der Waals surface area (Å²) in [5.74, 6) is 0.975. The van der Waals surface area contributed by atoms with Crippen molar-refractivity contribution in [1.29, 1.82) is 0 Å². The molecule has 1 aromatic heterocycles. The standard InChI is InChI=1S/C13H16BrN3O/c14-9-3-4-11-12(6-9)16-13(15-11)7-17-5-1-2-10(17)8-18/h3-4,6,10,18H,1-2,5,7-8H2,(H,15,16). The lowest BCUT2D eigenvalue weighted by molar-refractivity contribution is 0.151. The molecule has 0 aliphatic carbocycles. The smallest absolute Gasteiger partial charge is 0.121 e. The third-order valence-electron chi connectivity index (χ3n) is 3.56. The summed E-state index contributed by atoms with van der Waals surface area (Å²) in [6.45, 7) is 2.08. The van der Waals surface area contributed by atoms with Crippen LogP contribution >= 0.6 is 15.9 Å². The summed E-state index contributed by atoms with van der Waals surface area (Å²) in [6, 6.07) is 6.34. The average molecular weight is 310 g/mol. The van der Waals surface area contributed by atoms with Crippen LogP contribution in [0.2, 0.25) is 0 Å². The maximum Gasteiger partial charge on any atom is 0.121 e. The summed E-state index contributed by atoms with van der Waals surface area (Å²) in [6.07, 6.45) is 2.25. The Morgan fingerprint density at radius 1 is 1.50 bits per heavy atom. The number of hydrogen-bond donors (Lipinski definition) is 2. The molecule has 1 saturated heterocycles. The third-order valence-corrected chi connectivity index (χ3v) is 4.05. The molecule has 0 amide bonds. The van der Waals surface area contributed by atoms with Crippen LogP contribution in [0.15, 0.2) is 22.7 Å². The summed E-state index contributed by atoms with van der Waals surface area (Å²) in [7, 11) is 0. The number of aliphatic hydroxyl groups excluding tert-OH is 1. The molecule has 4 nitrogen and oxygen atoms in total. The van der Waals surface area contributed by atoms with Crippen LogP contribution in [0.1, 0.15) is 18.7 Å². The minimum atomic E-state index is 0.242. The molecular formula is C13H16BrN3O. The van der Waals surface area contributed by atoms with Gasteiger partial charge in [0.1, 0.15) is 5.82 Å². The summed E-state index contributed by atoms with van der Waals surface area (Å²) < 4.78 is 1.06. The first-order chi connectivity index (χ1) is 8.76. The first-order valence-electron chi connectivity index (χ1n) is 6.25. The molecule has 1 aromatic carbocycles. The van der Waals surface area contributed by atoms with Gasteiger partial charge in [0.25, 0.3) is 0 Å². The van der Waals surface area contributed by atoms with Crippen LogP contribution in [-0.2, 0) is 6.54 Å². The number of aromatic nitrogens is 2. The summed E-state index contributed by atoms with van der Waals surface area (Å²) in [5.41, 5.74) is 2.05. The van der Waals surface area contributed by atoms with Gasteiger partial charge >= 0.3 is 0 Å². The highest BCUT2D eigenvalue weighted by Crippen LogP contribution is 2.21. The number of fused-ring (bicyclic) bond motifs is 1. The van der Waals surface area contributed by atoms with E-state index in [1.165, 1.54) is 0 Å². The molecule has 0 saturated carbocycles. The van der Waals surface area contributed by atoms with Gasteiger partial charge in [-0.2, -0.15) is 0 Å². The van der Waals surface area contributed by atoms with Gasteiger partial charge in [0.15, 0.2) is 0 Å². The first-order valence-corrected chi connectivity index (χ1v) is 7.04. The van der Waals surface area contributed by atoms with Gasteiger partial charge in [0.05, 0.1) is 24.2 Å². The number of aromatic amines is 1. The van der Waals surface area contributed by atoms with Gasteiger partial charge in [-0.15, -0.1) is 0 Å². The molecule has 2 aromatic rings. The van der Waals surface area contributed by atoms with Crippen molar-refractivity contribution < 1.29 is 5.11 Å². The van der Waals surface area contributed by atoms with Crippen LogP contribution in [0, 0.1) is 0 Å². The molecule has 96 valence electrons. The number of nitrogens with zero attached hydrogens (tertiary/aromatic N) is 2. The topological polar surface area (TPSA) is 52.1 Å². The van der Waals surface area contributed by atoms with Gasteiger partial charge in [-0.3, -0.25) is 4.90 Å². The van der Waals surface area contributed by atoms with Crippen molar-refractivity contribution in [3.05, 3.63) is 28.5 Å². The van der Waals surface area contributed by atoms with Crippen molar-refractivity contribution in [3.8, 4) is 0 Å². The highest BCUT2D eigenvalue weighted by atomic mass is 79.9. The zero-order chi connectivity index (χ0) is 12.5. The van der Waals surface area contributed by atoms with E-state index in [1.54, 1.807) is 0 Å². The minimum absolute atomic E-state index is 0.242. The van der Waals surface area contributed by atoms with Gasteiger partial charge in [-0.1, -0.05) is 15.9 Å². The number of likely N-dealkylation sites (tertiary alicyclic amines) is 1. The number of rotatable bonds is 3. The van der Waals surface area contributed by atoms with Crippen molar-refractivity contribution >= 4 is 27.0 Å². The second-order valence-corrected chi connectivity index (χ2v) is 5.71. The lowest BCUT2D eigenvalue weighted by Crippen LogP contribution is -2.31. The Kier molecular flexibility index (Phi) is 3.37. The first kappa shape index (κ1) is 12.1. The zero-order valence-electron chi connectivity index (χ0n) is 10.1.